The fourth-order valence-electron chi connectivity index (χ4n) is 0.887. The molecule has 2 fully saturated rings. The van der Waals surface area contributed by atoms with E-state index in [1.165, 1.54) is 0 Å². The first-order valence-corrected chi connectivity index (χ1v) is 4.55. The molecule has 2 atom stereocenters. The highest BCUT2D eigenvalue weighted by atomic mass is 16.6. The lowest BCUT2D eigenvalue weighted by Gasteiger charge is -2.17. The van der Waals surface area contributed by atoms with E-state index in [0.29, 0.717) is 12.7 Å². The molecule has 0 aromatic carbocycles. The summed E-state index contributed by atoms with van der Waals surface area (Å²) in [6, 6.07) is 0. The van der Waals surface area contributed by atoms with E-state index < -0.39 is 0 Å². The van der Waals surface area contributed by atoms with Gasteiger partial charge in [0.2, 0.25) is 0 Å². The van der Waals surface area contributed by atoms with E-state index in [-0.39, 0.29) is 11.7 Å². The number of hydrogen-bond acceptors (Lipinski definition) is 3. The molecular formula is C10H14O3. The molecule has 0 radical (unpaired) electrons. The van der Waals surface area contributed by atoms with Crippen LogP contribution in [0, 0.1) is 11.8 Å². The molecule has 0 aromatic heterocycles. The number of ether oxygens (including phenoxy) is 3. The third-order valence-electron chi connectivity index (χ3n) is 1.90. The van der Waals surface area contributed by atoms with Gasteiger partial charge in [-0.15, -0.1) is 0 Å². The zero-order valence-corrected chi connectivity index (χ0v) is 8.00. The predicted octanol–water partition coefficient (Wildman–Crippen LogP) is 0.583. The predicted molar refractivity (Wildman–Crippen MR) is 47.3 cm³/mol. The Labute approximate surface area is 78.4 Å². The largest absolute Gasteiger partial charge is 0.371 e. The summed E-state index contributed by atoms with van der Waals surface area (Å²) in [5.74, 6) is 6.05. The van der Waals surface area contributed by atoms with Gasteiger partial charge in [-0.2, -0.15) is 0 Å². The fraction of sp³-hybridized carbons (Fsp3) is 0.800. The minimum Gasteiger partial charge on any atom is -0.371 e. The van der Waals surface area contributed by atoms with Gasteiger partial charge in [-0.05, 0) is 13.8 Å². The molecule has 3 nitrogen and oxygen atoms in total. The van der Waals surface area contributed by atoms with Gasteiger partial charge in [0.25, 0.3) is 0 Å². The first-order chi connectivity index (χ1) is 6.16. The van der Waals surface area contributed by atoms with Crippen LogP contribution in [-0.4, -0.2) is 37.6 Å². The Morgan fingerprint density at radius 3 is 2.62 bits per heavy atom. The maximum Gasteiger partial charge on any atom is 0.141 e. The summed E-state index contributed by atoms with van der Waals surface area (Å²) in [7, 11) is 0. The smallest absolute Gasteiger partial charge is 0.141 e. The average molecular weight is 182 g/mol. The molecule has 0 saturated carbocycles. The molecule has 0 N–H and O–H groups in total. The highest BCUT2D eigenvalue weighted by Gasteiger charge is 2.27. The van der Waals surface area contributed by atoms with Gasteiger partial charge in [-0.1, -0.05) is 11.8 Å². The molecule has 2 saturated heterocycles. The molecular weight excluding hydrogens is 168 g/mol. The topological polar surface area (TPSA) is 34.3 Å². The van der Waals surface area contributed by atoms with Crippen LogP contribution in [0.2, 0.25) is 0 Å². The number of rotatable bonds is 3. The Hall–Kier alpha value is -0.560. The van der Waals surface area contributed by atoms with Crippen LogP contribution in [0.5, 0.6) is 0 Å². The van der Waals surface area contributed by atoms with Gasteiger partial charge in [0.05, 0.1) is 19.8 Å². The monoisotopic (exact) mass is 182 g/mol. The lowest BCUT2D eigenvalue weighted by atomic mass is 10.1. The first-order valence-electron chi connectivity index (χ1n) is 4.55. The standard InChI is InChI=1S/C10H14O3/c1-10(2,4-3-8-5-11-8)13-7-9-6-12-9/h8-9H,5-7H2,1-2H3. The summed E-state index contributed by atoms with van der Waals surface area (Å²) in [4.78, 5) is 0. The van der Waals surface area contributed by atoms with Crippen molar-refractivity contribution >= 4 is 0 Å². The highest BCUT2D eigenvalue weighted by molar-refractivity contribution is 5.17. The second-order valence-corrected chi connectivity index (χ2v) is 3.87. The van der Waals surface area contributed by atoms with Gasteiger partial charge in [-0.25, -0.2) is 0 Å². The lowest BCUT2D eigenvalue weighted by Crippen LogP contribution is -2.24. The van der Waals surface area contributed by atoms with Crippen molar-refractivity contribution in [2.75, 3.05) is 19.8 Å². The average Bonchev–Trinajstić information content (AvgIpc) is 2.92. The Kier molecular flexibility index (Phi) is 2.29. The normalized spacial score (nSPS) is 30.6. The Bertz CT molecular complexity index is 241. The molecule has 2 aliphatic rings. The summed E-state index contributed by atoms with van der Waals surface area (Å²) < 4.78 is 15.6. The van der Waals surface area contributed by atoms with E-state index >= 15 is 0 Å². The SMILES string of the molecule is CC(C)(C#CC1CO1)OCC1CO1. The van der Waals surface area contributed by atoms with Gasteiger partial charge < -0.3 is 14.2 Å². The first kappa shape index (κ1) is 9.01. The van der Waals surface area contributed by atoms with Crippen LogP contribution in [0.4, 0.5) is 0 Å². The minimum absolute atomic E-state index is 0.153. The number of epoxide rings is 2. The van der Waals surface area contributed by atoms with Crippen LogP contribution >= 0.6 is 0 Å². The van der Waals surface area contributed by atoms with Crippen LogP contribution < -0.4 is 0 Å². The molecule has 0 amide bonds. The van der Waals surface area contributed by atoms with Crippen molar-refractivity contribution in [1.29, 1.82) is 0 Å². The van der Waals surface area contributed by atoms with Crippen molar-refractivity contribution in [2.45, 2.75) is 31.7 Å². The second-order valence-electron chi connectivity index (χ2n) is 3.87. The molecule has 13 heavy (non-hydrogen) atoms. The summed E-state index contributed by atoms with van der Waals surface area (Å²) in [6.45, 7) is 6.17. The van der Waals surface area contributed by atoms with Gasteiger partial charge in [0.15, 0.2) is 0 Å². The van der Waals surface area contributed by atoms with Crippen LogP contribution in [-0.2, 0) is 14.2 Å². The summed E-state index contributed by atoms with van der Waals surface area (Å²) >= 11 is 0. The Morgan fingerprint density at radius 2 is 2.08 bits per heavy atom. The molecule has 0 aromatic rings. The summed E-state index contributed by atoms with van der Waals surface area (Å²) in [5, 5.41) is 0. The van der Waals surface area contributed by atoms with E-state index in [9.17, 15) is 0 Å². The van der Waals surface area contributed by atoms with E-state index in [1.807, 2.05) is 13.8 Å². The molecule has 0 aliphatic carbocycles. The van der Waals surface area contributed by atoms with E-state index in [0.717, 1.165) is 13.2 Å². The third-order valence-corrected chi connectivity index (χ3v) is 1.90. The van der Waals surface area contributed by atoms with Gasteiger partial charge in [0, 0.05) is 0 Å². The molecule has 2 aliphatic heterocycles. The molecule has 0 spiro atoms. The number of hydrogen-bond donors (Lipinski definition) is 0. The Morgan fingerprint density at radius 1 is 1.38 bits per heavy atom. The van der Waals surface area contributed by atoms with Crippen LogP contribution in [0.25, 0.3) is 0 Å². The molecule has 72 valence electrons. The molecule has 2 rings (SSSR count). The van der Waals surface area contributed by atoms with Crippen LogP contribution in [0.1, 0.15) is 13.8 Å². The maximum absolute atomic E-state index is 5.58. The summed E-state index contributed by atoms with van der Waals surface area (Å²) in [6.07, 6.45) is 0.457. The third kappa shape index (κ3) is 3.35. The zero-order valence-electron chi connectivity index (χ0n) is 8.00. The van der Waals surface area contributed by atoms with Crippen molar-refractivity contribution in [3.8, 4) is 11.8 Å². The van der Waals surface area contributed by atoms with Crippen molar-refractivity contribution in [1.82, 2.24) is 0 Å². The second kappa shape index (κ2) is 3.30. The van der Waals surface area contributed by atoms with Gasteiger partial charge in [0.1, 0.15) is 17.8 Å². The van der Waals surface area contributed by atoms with Crippen LogP contribution in [0.15, 0.2) is 0 Å². The lowest BCUT2D eigenvalue weighted by molar-refractivity contribution is 0.0177. The van der Waals surface area contributed by atoms with Crippen molar-refractivity contribution < 1.29 is 14.2 Å². The van der Waals surface area contributed by atoms with Gasteiger partial charge in [-0.3, -0.25) is 0 Å². The maximum atomic E-state index is 5.58. The highest BCUT2D eigenvalue weighted by Crippen LogP contribution is 2.15. The van der Waals surface area contributed by atoms with Crippen molar-refractivity contribution in [2.24, 2.45) is 0 Å². The van der Waals surface area contributed by atoms with Crippen LogP contribution in [0.3, 0.4) is 0 Å². The molecule has 3 heteroatoms. The minimum atomic E-state index is -0.377. The molecule has 0 bridgehead atoms. The van der Waals surface area contributed by atoms with Crippen molar-refractivity contribution in [3.05, 3.63) is 0 Å². The van der Waals surface area contributed by atoms with E-state index in [4.69, 9.17) is 14.2 Å². The van der Waals surface area contributed by atoms with Crippen molar-refractivity contribution in [3.63, 3.8) is 0 Å². The quantitative estimate of drug-likeness (QED) is 0.473. The molecule has 2 unspecified atom stereocenters. The zero-order chi connectivity index (χ0) is 9.31. The molecule has 2 heterocycles. The van der Waals surface area contributed by atoms with E-state index in [1.54, 1.807) is 0 Å². The summed E-state index contributed by atoms with van der Waals surface area (Å²) in [5.41, 5.74) is -0.377. The van der Waals surface area contributed by atoms with Gasteiger partial charge >= 0.3 is 0 Å². The Balaban J connectivity index is 1.75. The fourth-order valence-corrected chi connectivity index (χ4v) is 0.887. The van der Waals surface area contributed by atoms with E-state index in [2.05, 4.69) is 11.8 Å².